The minimum Gasteiger partial charge on any atom is -0.481 e. The summed E-state index contributed by atoms with van der Waals surface area (Å²) in [5, 5.41) is 13.1. The largest absolute Gasteiger partial charge is 0.481 e. The zero-order valence-corrected chi connectivity index (χ0v) is 11.0. The van der Waals surface area contributed by atoms with Gasteiger partial charge in [0, 0.05) is 32.6 Å². The van der Waals surface area contributed by atoms with Crippen molar-refractivity contribution in [3.8, 4) is 0 Å². The Morgan fingerprint density at radius 1 is 1.17 bits per heavy atom. The van der Waals surface area contributed by atoms with Crippen molar-refractivity contribution >= 4 is 17.9 Å². The smallest absolute Gasteiger partial charge is 0.321 e. The number of nitrogens with one attached hydrogen (secondary N) is 2. The first-order chi connectivity index (χ1) is 8.36. The van der Waals surface area contributed by atoms with Crippen molar-refractivity contribution in [2.45, 2.75) is 32.7 Å². The van der Waals surface area contributed by atoms with E-state index in [1.54, 1.807) is 0 Å². The van der Waals surface area contributed by atoms with Crippen LogP contribution in [0.5, 0.6) is 0 Å². The van der Waals surface area contributed by atoms with Crippen LogP contribution < -0.4 is 10.6 Å². The molecule has 0 aliphatic rings. The lowest BCUT2D eigenvalue weighted by Crippen LogP contribution is -2.40. The third kappa shape index (κ3) is 7.61. The van der Waals surface area contributed by atoms with E-state index in [4.69, 9.17) is 5.11 Å². The lowest BCUT2D eigenvalue weighted by Gasteiger charge is -2.25. The Kier molecular flexibility index (Phi) is 7.69. The van der Waals surface area contributed by atoms with Gasteiger partial charge in [-0.25, -0.2) is 4.79 Å². The minimum absolute atomic E-state index is 0.0369. The predicted molar refractivity (Wildman–Crippen MR) is 66.2 cm³/mol. The van der Waals surface area contributed by atoms with Gasteiger partial charge in [0.2, 0.25) is 5.91 Å². The molecule has 0 radical (unpaired) electrons. The molecule has 0 aliphatic carbocycles. The van der Waals surface area contributed by atoms with Crippen LogP contribution in [0.3, 0.4) is 0 Å². The Morgan fingerprint density at radius 3 is 2.17 bits per heavy atom. The number of rotatable bonds is 7. The average molecular weight is 259 g/mol. The summed E-state index contributed by atoms with van der Waals surface area (Å²) in [6.07, 6.45) is 0.195. The molecule has 3 amide bonds. The first-order valence-corrected chi connectivity index (χ1v) is 5.84. The molecule has 0 aromatic carbocycles. The first kappa shape index (κ1) is 16.4. The number of carbonyl (C=O) groups excluding carboxylic acids is 2. The molecule has 7 nitrogen and oxygen atoms in total. The van der Waals surface area contributed by atoms with Crippen molar-refractivity contribution < 1.29 is 19.5 Å². The summed E-state index contributed by atoms with van der Waals surface area (Å²) in [6.45, 7) is 4.67. The Balaban J connectivity index is 4.06. The number of urea groups is 1. The van der Waals surface area contributed by atoms with E-state index in [0.29, 0.717) is 13.1 Å². The molecule has 0 aromatic heterocycles. The normalized spacial score (nSPS) is 10.5. The number of carbonyl (C=O) groups is 3. The topological polar surface area (TPSA) is 98.7 Å². The highest BCUT2D eigenvalue weighted by molar-refractivity contribution is 5.94. The second kappa shape index (κ2) is 8.46. The molecule has 18 heavy (non-hydrogen) atoms. The SMILES string of the molecule is CNC(=O)NC(=O)CCN(CCC(=O)O)C(C)C. The highest BCUT2D eigenvalue weighted by atomic mass is 16.4. The molecule has 0 atom stereocenters. The quantitative estimate of drug-likeness (QED) is 0.598. The van der Waals surface area contributed by atoms with E-state index in [2.05, 4.69) is 10.6 Å². The summed E-state index contributed by atoms with van der Waals surface area (Å²) in [5.74, 6) is -1.24. The highest BCUT2D eigenvalue weighted by Gasteiger charge is 2.13. The second-order valence-corrected chi connectivity index (χ2v) is 4.15. The van der Waals surface area contributed by atoms with Gasteiger partial charge in [0.15, 0.2) is 0 Å². The molecular weight excluding hydrogens is 238 g/mol. The number of imide groups is 1. The second-order valence-electron chi connectivity index (χ2n) is 4.15. The van der Waals surface area contributed by atoms with E-state index >= 15 is 0 Å². The number of carboxylic acids is 1. The molecule has 0 heterocycles. The van der Waals surface area contributed by atoms with Gasteiger partial charge in [-0.15, -0.1) is 0 Å². The van der Waals surface area contributed by atoms with Crippen LogP contribution in [0.15, 0.2) is 0 Å². The van der Waals surface area contributed by atoms with Crippen molar-refractivity contribution in [2.24, 2.45) is 0 Å². The molecule has 0 saturated carbocycles. The molecule has 0 aliphatic heterocycles. The molecule has 0 fully saturated rings. The maximum absolute atomic E-state index is 11.4. The molecule has 0 saturated heterocycles. The van der Waals surface area contributed by atoms with Gasteiger partial charge in [-0.1, -0.05) is 0 Å². The molecule has 104 valence electrons. The van der Waals surface area contributed by atoms with Crippen LogP contribution in [-0.2, 0) is 9.59 Å². The minimum atomic E-state index is -0.865. The van der Waals surface area contributed by atoms with E-state index in [0.717, 1.165) is 0 Å². The van der Waals surface area contributed by atoms with Crippen molar-refractivity contribution in [2.75, 3.05) is 20.1 Å². The van der Waals surface area contributed by atoms with Crippen LogP contribution >= 0.6 is 0 Å². The van der Waals surface area contributed by atoms with E-state index in [9.17, 15) is 14.4 Å². The fourth-order valence-corrected chi connectivity index (χ4v) is 1.36. The van der Waals surface area contributed by atoms with Crippen LogP contribution in [0, 0.1) is 0 Å². The summed E-state index contributed by atoms with van der Waals surface area (Å²) in [7, 11) is 1.43. The van der Waals surface area contributed by atoms with Crippen LogP contribution in [0.2, 0.25) is 0 Å². The Morgan fingerprint density at radius 2 is 1.72 bits per heavy atom. The fourth-order valence-electron chi connectivity index (χ4n) is 1.36. The van der Waals surface area contributed by atoms with Crippen LogP contribution in [0.25, 0.3) is 0 Å². The lowest BCUT2D eigenvalue weighted by atomic mass is 10.2. The Hall–Kier alpha value is -1.63. The summed E-state index contributed by atoms with van der Waals surface area (Å²) in [6, 6.07) is -0.390. The zero-order valence-electron chi connectivity index (χ0n) is 11.0. The van der Waals surface area contributed by atoms with Crippen molar-refractivity contribution in [3.63, 3.8) is 0 Å². The summed E-state index contributed by atoms with van der Waals surface area (Å²) >= 11 is 0. The van der Waals surface area contributed by atoms with E-state index < -0.39 is 12.0 Å². The number of hydrogen-bond donors (Lipinski definition) is 3. The van der Waals surface area contributed by atoms with Gasteiger partial charge in [0.25, 0.3) is 0 Å². The van der Waals surface area contributed by atoms with Gasteiger partial charge in [-0.3, -0.25) is 19.8 Å². The van der Waals surface area contributed by atoms with Gasteiger partial charge in [-0.05, 0) is 13.8 Å². The number of carboxylic acid groups (broad SMARTS) is 1. The van der Waals surface area contributed by atoms with Gasteiger partial charge in [0.05, 0.1) is 6.42 Å². The molecular formula is C11H21N3O4. The summed E-state index contributed by atoms with van der Waals surface area (Å²) in [4.78, 5) is 34.6. The van der Waals surface area contributed by atoms with E-state index in [1.165, 1.54) is 7.05 Å². The Labute approximate surface area is 107 Å². The molecule has 7 heteroatoms. The van der Waals surface area contributed by atoms with Gasteiger partial charge >= 0.3 is 12.0 Å². The van der Waals surface area contributed by atoms with Gasteiger partial charge in [-0.2, -0.15) is 0 Å². The summed E-state index contributed by atoms with van der Waals surface area (Å²) < 4.78 is 0. The molecule has 0 unspecified atom stereocenters. The van der Waals surface area contributed by atoms with Crippen molar-refractivity contribution in [1.82, 2.24) is 15.5 Å². The van der Waals surface area contributed by atoms with Gasteiger partial charge in [0.1, 0.15) is 0 Å². The molecule has 0 rings (SSSR count). The standard InChI is InChI=1S/C11H21N3O4/c1-8(2)14(7-5-10(16)17)6-4-9(15)13-11(18)12-3/h8H,4-7H2,1-3H3,(H,16,17)(H2,12,13,15,18). The lowest BCUT2D eigenvalue weighted by molar-refractivity contribution is -0.137. The van der Waals surface area contributed by atoms with Crippen molar-refractivity contribution in [1.29, 1.82) is 0 Å². The monoisotopic (exact) mass is 259 g/mol. The molecule has 3 N–H and O–H groups in total. The molecule has 0 bridgehead atoms. The third-order valence-electron chi connectivity index (χ3n) is 2.45. The van der Waals surface area contributed by atoms with E-state index in [-0.39, 0.29) is 24.8 Å². The number of amides is 3. The zero-order chi connectivity index (χ0) is 14.1. The highest BCUT2D eigenvalue weighted by Crippen LogP contribution is 2.01. The van der Waals surface area contributed by atoms with Crippen LogP contribution in [0.4, 0.5) is 4.79 Å². The Bertz CT molecular complexity index is 305. The fraction of sp³-hybridized carbons (Fsp3) is 0.727. The number of aliphatic carboxylic acids is 1. The van der Waals surface area contributed by atoms with Crippen molar-refractivity contribution in [3.05, 3.63) is 0 Å². The van der Waals surface area contributed by atoms with Crippen LogP contribution in [-0.4, -0.2) is 54.1 Å². The maximum Gasteiger partial charge on any atom is 0.321 e. The van der Waals surface area contributed by atoms with Crippen LogP contribution in [0.1, 0.15) is 26.7 Å². The average Bonchev–Trinajstić information content (AvgIpc) is 2.27. The third-order valence-corrected chi connectivity index (χ3v) is 2.45. The summed E-state index contributed by atoms with van der Waals surface area (Å²) in [5.41, 5.74) is 0. The number of nitrogens with zero attached hydrogens (tertiary/aromatic N) is 1. The number of hydrogen-bond acceptors (Lipinski definition) is 4. The van der Waals surface area contributed by atoms with E-state index in [1.807, 2.05) is 18.7 Å². The maximum atomic E-state index is 11.4. The molecule has 0 spiro atoms. The molecule has 0 aromatic rings. The first-order valence-electron chi connectivity index (χ1n) is 5.84. The van der Waals surface area contributed by atoms with Gasteiger partial charge < -0.3 is 10.4 Å². The predicted octanol–water partition coefficient (Wildman–Crippen LogP) is 0.0172.